The molecule has 0 bridgehead atoms. The second-order valence-electron chi connectivity index (χ2n) is 3.99. The first-order chi connectivity index (χ1) is 9.58. The summed E-state index contributed by atoms with van der Waals surface area (Å²) >= 11 is 0. The maximum atomic E-state index is 13.6. The summed E-state index contributed by atoms with van der Waals surface area (Å²) in [6.07, 6.45) is 0. The van der Waals surface area contributed by atoms with Crippen LogP contribution in [0.4, 0.5) is 4.39 Å². The number of hydrogen-bond acceptors (Lipinski definition) is 4. The highest BCUT2D eigenvalue weighted by Gasteiger charge is 2.19. The second-order valence-corrected chi connectivity index (χ2v) is 3.99. The second kappa shape index (κ2) is 5.41. The lowest BCUT2D eigenvalue weighted by atomic mass is 9.98. The Morgan fingerprint density at radius 1 is 1.30 bits per heavy atom. The lowest BCUT2D eigenvalue weighted by Crippen LogP contribution is -2.06. The van der Waals surface area contributed by atoms with Crippen molar-refractivity contribution in [3.8, 4) is 17.6 Å². The summed E-state index contributed by atoms with van der Waals surface area (Å²) in [5.41, 5.74) is -0.225. The van der Waals surface area contributed by atoms with Crippen LogP contribution in [0.15, 0.2) is 36.4 Å². The first-order valence-corrected chi connectivity index (χ1v) is 5.68. The Labute approximate surface area is 114 Å². The molecule has 0 aromatic heterocycles. The molecule has 0 atom stereocenters. The summed E-state index contributed by atoms with van der Waals surface area (Å²) in [4.78, 5) is 12.3. The molecule has 1 N–H and O–H groups in total. The molecule has 0 heterocycles. The fourth-order valence-electron chi connectivity index (χ4n) is 1.80. The van der Waals surface area contributed by atoms with Gasteiger partial charge in [-0.15, -0.1) is 0 Å². The predicted molar refractivity (Wildman–Crippen MR) is 69.2 cm³/mol. The number of halogens is 1. The highest BCUT2D eigenvalue weighted by Crippen LogP contribution is 2.30. The van der Waals surface area contributed by atoms with Crippen molar-refractivity contribution in [3.05, 3.63) is 58.9 Å². The van der Waals surface area contributed by atoms with Gasteiger partial charge in [-0.1, -0.05) is 12.1 Å². The fraction of sp³-hybridized carbons (Fsp3) is 0.0667. The Hall–Kier alpha value is -2.87. The lowest BCUT2D eigenvalue weighted by Gasteiger charge is -2.08. The van der Waals surface area contributed by atoms with Gasteiger partial charge in [0.15, 0.2) is 17.3 Å². The van der Waals surface area contributed by atoms with Crippen LogP contribution in [0.1, 0.15) is 21.5 Å². The Balaban J connectivity index is 2.59. The number of phenolic OH excluding ortho intramolecular Hbond substituents is 1. The zero-order valence-electron chi connectivity index (χ0n) is 10.6. The van der Waals surface area contributed by atoms with Gasteiger partial charge in [0.05, 0.1) is 18.2 Å². The van der Waals surface area contributed by atoms with Gasteiger partial charge in [-0.25, -0.2) is 4.39 Å². The average Bonchev–Trinajstić information content (AvgIpc) is 2.46. The van der Waals surface area contributed by atoms with Gasteiger partial charge in [0.1, 0.15) is 11.9 Å². The van der Waals surface area contributed by atoms with E-state index in [4.69, 9.17) is 10.00 Å². The molecule has 5 heteroatoms. The highest BCUT2D eigenvalue weighted by atomic mass is 19.1. The molecule has 0 aliphatic heterocycles. The molecule has 0 amide bonds. The minimum Gasteiger partial charge on any atom is -0.504 e. The lowest BCUT2D eigenvalue weighted by molar-refractivity contribution is 0.103. The van der Waals surface area contributed by atoms with E-state index in [0.29, 0.717) is 0 Å². The van der Waals surface area contributed by atoms with Crippen molar-refractivity contribution in [2.75, 3.05) is 7.11 Å². The van der Waals surface area contributed by atoms with Gasteiger partial charge in [0.2, 0.25) is 0 Å². The van der Waals surface area contributed by atoms with Crippen molar-refractivity contribution in [2.45, 2.75) is 0 Å². The first kappa shape index (κ1) is 13.6. The van der Waals surface area contributed by atoms with Crippen LogP contribution < -0.4 is 4.74 Å². The largest absolute Gasteiger partial charge is 0.504 e. The van der Waals surface area contributed by atoms with Crippen molar-refractivity contribution in [1.82, 2.24) is 0 Å². The quantitative estimate of drug-likeness (QED) is 0.871. The van der Waals surface area contributed by atoms with Crippen molar-refractivity contribution in [2.24, 2.45) is 0 Å². The molecule has 4 nitrogen and oxygen atoms in total. The van der Waals surface area contributed by atoms with Gasteiger partial charge in [-0.2, -0.15) is 5.26 Å². The summed E-state index contributed by atoms with van der Waals surface area (Å²) < 4.78 is 18.5. The van der Waals surface area contributed by atoms with E-state index in [2.05, 4.69) is 0 Å². The molecule has 0 radical (unpaired) electrons. The number of ketones is 1. The minimum atomic E-state index is -0.684. The molecular weight excluding hydrogens is 261 g/mol. The molecule has 100 valence electrons. The van der Waals surface area contributed by atoms with E-state index in [1.54, 1.807) is 0 Å². The van der Waals surface area contributed by atoms with Crippen LogP contribution in [0.5, 0.6) is 11.5 Å². The standard InChI is InChI=1S/C15H10FNO3/c1-20-14-6-9(8-17)11(7-13(14)18)15(19)10-4-2-3-5-12(10)16/h2-7,18H,1H3. The maximum Gasteiger partial charge on any atom is 0.197 e. The van der Waals surface area contributed by atoms with Crippen molar-refractivity contribution >= 4 is 5.78 Å². The number of nitriles is 1. The van der Waals surface area contributed by atoms with E-state index in [9.17, 15) is 14.3 Å². The molecule has 0 aliphatic rings. The topological polar surface area (TPSA) is 70.3 Å². The fourth-order valence-corrected chi connectivity index (χ4v) is 1.80. The zero-order chi connectivity index (χ0) is 14.7. The molecule has 0 fully saturated rings. The van der Waals surface area contributed by atoms with Crippen LogP contribution in [0.3, 0.4) is 0 Å². The van der Waals surface area contributed by atoms with E-state index >= 15 is 0 Å². The summed E-state index contributed by atoms with van der Waals surface area (Å²) in [7, 11) is 1.33. The Morgan fingerprint density at radius 2 is 2.00 bits per heavy atom. The van der Waals surface area contributed by atoms with Crippen LogP contribution in [-0.4, -0.2) is 18.0 Å². The monoisotopic (exact) mass is 271 g/mol. The number of nitrogens with zero attached hydrogens (tertiary/aromatic N) is 1. The number of carbonyl (C=O) groups is 1. The number of carbonyl (C=O) groups excluding carboxylic acids is 1. The van der Waals surface area contributed by atoms with Crippen LogP contribution in [0.25, 0.3) is 0 Å². The highest BCUT2D eigenvalue weighted by molar-refractivity contribution is 6.11. The molecule has 0 saturated carbocycles. The first-order valence-electron chi connectivity index (χ1n) is 5.68. The van der Waals surface area contributed by atoms with E-state index < -0.39 is 11.6 Å². The van der Waals surface area contributed by atoms with Gasteiger partial charge in [-0.05, 0) is 18.2 Å². The number of methoxy groups -OCH3 is 1. The normalized spacial score (nSPS) is 9.85. The van der Waals surface area contributed by atoms with Gasteiger partial charge in [0.25, 0.3) is 0 Å². The molecule has 2 aromatic carbocycles. The van der Waals surface area contributed by atoms with Gasteiger partial charge in [-0.3, -0.25) is 4.79 Å². The van der Waals surface area contributed by atoms with E-state index in [-0.39, 0.29) is 28.2 Å². The summed E-state index contributed by atoms with van der Waals surface area (Å²) in [6.45, 7) is 0. The molecule has 2 rings (SSSR count). The number of benzene rings is 2. The van der Waals surface area contributed by atoms with E-state index in [1.165, 1.54) is 31.4 Å². The number of phenols is 1. The Kier molecular flexibility index (Phi) is 3.67. The number of ether oxygens (including phenoxy) is 1. The summed E-state index contributed by atoms with van der Waals surface area (Å²) in [5.74, 6) is -1.56. The maximum absolute atomic E-state index is 13.6. The predicted octanol–water partition coefficient (Wildman–Crippen LogP) is 2.64. The molecular formula is C15H10FNO3. The van der Waals surface area contributed by atoms with Crippen LogP contribution in [-0.2, 0) is 0 Å². The smallest absolute Gasteiger partial charge is 0.197 e. The summed E-state index contributed by atoms with van der Waals surface area (Å²) in [5, 5.41) is 18.8. The third kappa shape index (κ3) is 2.31. The van der Waals surface area contributed by atoms with Crippen LogP contribution in [0, 0.1) is 17.1 Å². The number of rotatable bonds is 3. The number of aromatic hydroxyl groups is 1. The van der Waals surface area contributed by atoms with Crippen molar-refractivity contribution in [3.63, 3.8) is 0 Å². The summed E-state index contributed by atoms with van der Waals surface area (Å²) in [6, 6.07) is 9.63. The van der Waals surface area contributed by atoms with Gasteiger partial charge in [0, 0.05) is 11.6 Å². The SMILES string of the molecule is COc1cc(C#N)c(C(=O)c2ccccc2F)cc1O. The van der Waals surface area contributed by atoms with Crippen molar-refractivity contribution in [1.29, 1.82) is 5.26 Å². The zero-order valence-corrected chi connectivity index (χ0v) is 10.6. The minimum absolute atomic E-state index is 0.00732. The Morgan fingerprint density at radius 3 is 2.60 bits per heavy atom. The van der Waals surface area contributed by atoms with E-state index in [0.717, 1.165) is 12.1 Å². The van der Waals surface area contributed by atoms with Crippen LogP contribution >= 0.6 is 0 Å². The number of hydrogen-bond donors (Lipinski definition) is 1. The van der Waals surface area contributed by atoms with Gasteiger partial charge < -0.3 is 9.84 Å². The molecule has 0 unspecified atom stereocenters. The van der Waals surface area contributed by atoms with Crippen LogP contribution in [0.2, 0.25) is 0 Å². The molecule has 0 spiro atoms. The Bertz CT molecular complexity index is 720. The molecule has 2 aromatic rings. The molecule has 0 aliphatic carbocycles. The average molecular weight is 271 g/mol. The third-order valence-electron chi connectivity index (χ3n) is 2.80. The van der Waals surface area contributed by atoms with Crippen molar-refractivity contribution < 1.29 is 19.0 Å². The third-order valence-corrected chi connectivity index (χ3v) is 2.80. The molecule has 0 saturated heterocycles. The molecule has 20 heavy (non-hydrogen) atoms. The van der Waals surface area contributed by atoms with E-state index in [1.807, 2.05) is 6.07 Å². The van der Waals surface area contributed by atoms with Gasteiger partial charge >= 0.3 is 0 Å².